The van der Waals surface area contributed by atoms with Gasteiger partial charge >= 0.3 is 0 Å². The molecule has 0 saturated carbocycles. The Labute approximate surface area is 146 Å². The highest BCUT2D eigenvalue weighted by Crippen LogP contribution is 2.22. The van der Waals surface area contributed by atoms with Crippen molar-refractivity contribution in [2.75, 3.05) is 6.61 Å². The van der Waals surface area contributed by atoms with Crippen LogP contribution >= 0.6 is 38.9 Å². The van der Waals surface area contributed by atoms with Gasteiger partial charge in [0.2, 0.25) is 0 Å². The Balaban J connectivity index is 1.86. The van der Waals surface area contributed by atoms with Crippen molar-refractivity contribution in [2.24, 2.45) is 5.10 Å². The highest BCUT2D eigenvalue weighted by atomic mass is 79.9. The molecule has 0 saturated heterocycles. The molecule has 1 aromatic carbocycles. The molecular formula is C15H14BrClN2O2S. The van der Waals surface area contributed by atoms with Gasteiger partial charge in [-0.1, -0.05) is 11.6 Å². The van der Waals surface area contributed by atoms with Crippen LogP contribution in [0.15, 0.2) is 39.2 Å². The second kappa shape index (κ2) is 7.76. The van der Waals surface area contributed by atoms with Crippen LogP contribution in [0.25, 0.3) is 0 Å². The van der Waals surface area contributed by atoms with Crippen LogP contribution in [-0.2, 0) is 4.79 Å². The second-order valence-corrected chi connectivity index (χ2v) is 7.41. The minimum absolute atomic E-state index is 0.105. The van der Waals surface area contributed by atoms with E-state index in [-0.39, 0.29) is 12.5 Å². The summed E-state index contributed by atoms with van der Waals surface area (Å²) in [6.45, 7) is 3.61. The summed E-state index contributed by atoms with van der Waals surface area (Å²) in [5.41, 5.74) is 4.12. The number of aryl methyl sites for hydroxylation is 1. The van der Waals surface area contributed by atoms with Crippen molar-refractivity contribution in [1.29, 1.82) is 0 Å². The monoisotopic (exact) mass is 400 g/mol. The summed E-state index contributed by atoms with van der Waals surface area (Å²) in [5, 5.41) is 4.72. The van der Waals surface area contributed by atoms with Crippen molar-refractivity contribution >= 4 is 50.5 Å². The van der Waals surface area contributed by atoms with E-state index >= 15 is 0 Å². The zero-order chi connectivity index (χ0) is 16.1. The third-order valence-electron chi connectivity index (χ3n) is 2.78. The van der Waals surface area contributed by atoms with Gasteiger partial charge in [0.1, 0.15) is 5.75 Å². The molecule has 2 aromatic rings. The molecule has 0 spiro atoms. The van der Waals surface area contributed by atoms with Crippen molar-refractivity contribution in [1.82, 2.24) is 5.43 Å². The van der Waals surface area contributed by atoms with Gasteiger partial charge in [0.15, 0.2) is 6.61 Å². The molecule has 0 aliphatic rings. The van der Waals surface area contributed by atoms with Crippen LogP contribution in [0, 0.1) is 6.92 Å². The lowest BCUT2D eigenvalue weighted by molar-refractivity contribution is -0.123. The molecule has 2 rings (SSSR count). The number of carbonyl (C=O) groups excluding carboxylic acids is 1. The van der Waals surface area contributed by atoms with E-state index in [1.54, 1.807) is 29.5 Å². The maximum Gasteiger partial charge on any atom is 0.277 e. The third-order valence-corrected chi connectivity index (χ3v) is 4.93. The quantitative estimate of drug-likeness (QED) is 0.596. The fraction of sp³-hybridized carbons (Fsp3) is 0.200. The standard InChI is InChI=1S/C15H14BrClN2O2S/c1-9-7-11(3-4-12(9)17)21-8-15(20)19-18-10(2)13-5-6-14(16)22-13/h3-7H,8H2,1-2H3,(H,19,20). The van der Waals surface area contributed by atoms with Gasteiger partial charge in [-0.3, -0.25) is 4.79 Å². The topological polar surface area (TPSA) is 50.7 Å². The molecule has 0 radical (unpaired) electrons. The molecule has 0 unspecified atom stereocenters. The maximum atomic E-state index is 11.7. The van der Waals surface area contributed by atoms with E-state index in [0.717, 1.165) is 19.9 Å². The molecule has 0 atom stereocenters. The number of rotatable bonds is 5. The van der Waals surface area contributed by atoms with Gasteiger partial charge in [-0.05, 0) is 65.7 Å². The van der Waals surface area contributed by atoms with Crippen LogP contribution in [0.1, 0.15) is 17.4 Å². The van der Waals surface area contributed by atoms with Crippen LogP contribution in [0.2, 0.25) is 5.02 Å². The van der Waals surface area contributed by atoms with Crippen LogP contribution in [0.5, 0.6) is 5.75 Å². The minimum atomic E-state index is -0.317. The van der Waals surface area contributed by atoms with Gasteiger partial charge in [-0.2, -0.15) is 5.10 Å². The van der Waals surface area contributed by atoms with Crippen molar-refractivity contribution in [3.05, 3.63) is 49.6 Å². The summed E-state index contributed by atoms with van der Waals surface area (Å²) in [7, 11) is 0. The number of hydrogen-bond acceptors (Lipinski definition) is 4. The number of thiophene rings is 1. The number of halogens is 2. The average molecular weight is 402 g/mol. The number of hydrogen-bond donors (Lipinski definition) is 1. The predicted octanol–water partition coefficient (Wildman–Crippen LogP) is 4.39. The molecule has 22 heavy (non-hydrogen) atoms. The van der Waals surface area contributed by atoms with Crippen LogP contribution in [0.4, 0.5) is 0 Å². The number of hydrazone groups is 1. The summed E-state index contributed by atoms with van der Waals surface area (Å²) in [6.07, 6.45) is 0. The fourth-order valence-corrected chi connectivity index (χ4v) is 3.05. The van der Waals surface area contributed by atoms with Crippen molar-refractivity contribution in [3.63, 3.8) is 0 Å². The molecule has 7 heteroatoms. The molecule has 1 N–H and O–H groups in total. The fourth-order valence-electron chi connectivity index (χ4n) is 1.60. The van der Waals surface area contributed by atoms with E-state index in [9.17, 15) is 4.79 Å². The zero-order valence-electron chi connectivity index (χ0n) is 12.0. The van der Waals surface area contributed by atoms with Crippen molar-refractivity contribution in [3.8, 4) is 5.75 Å². The first-order chi connectivity index (χ1) is 10.5. The summed E-state index contributed by atoms with van der Waals surface area (Å²) in [4.78, 5) is 12.7. The van der Waals surface area contributed by atoms with Crippen molar-refractivity contribution < 1.29 is 9.53 Å². The Kier molecular flexibility index (Phi) is 5.99. The van der Waals surface area contributed by atoms with Crippen molar-refractivity contribution in [2.45, 2.75) is 13.8 Å². The lowest BCUT2D eigenvalue weighted by Gasteiger charge is -2.07. The number of benzene rings is 1. The Hall–Kier alpha value is -1.37. The Morgan fingerprint density at radius 3 is 2.82 bits per heavy atom. The van der Waals surface area contributed by atoms with E-state index < -0.39 is 0 Å². The molecule has 0 aliphatic heterocycles. The van der Waals surface area contributed by atoms with Gasteiger partial charge in [0.25, 0.3) is 5.91 Å². The number of ether oxygens (including phenoxy) is 1. The van der Waals surface area contributed by atoms with Crippen LogP contribution in [0.3, 0.4) is 0 Å². The second-order valence-electron chi connectivity index (χ2n) is 4.54. The molecule has 4 nitrogen and oxygen atoms in total. The molecule has 0 aliphatic carbocycles. The van der Waals surface area contributed by atoms with Gasteiger partial charge in [0.05, 0.1) is 14.4 Å². The van der Waals surface area contributed by atoms with Gasteiger partial charge in [-0.15, -0.1) is 11.3 Å². The highest BCUT2D eigenvalue weighted by molar-refractivity contribution is 9.11. The lowest BCUT2D eigenvalue weighted by atomic mass is 10.2. The Morgan fingerprint density at radius 1 is 1.41 bits per heavy atom. The third kappa shape index (κ3) is 4.83. The Morgan fingerprint density at radius 2 is 2.18 bits per heavy atom. The van der Waals surface area contributed by atoms with Gasteiger partial charge in [-0.25, -0.2) is 5.43 Å². The highest BCUT2D eigenvalue weighted by Gasteiger charge is 2.05. The Bertz CT molecular complexity index is 715. The molecule has 1 aromatic heterocycles. The molecule has 0 fully saturated rings. The summed E-state index contributed by atoms with van der Waals surface area (Å²) in [6, 6.07) is 9.12. The maximum absolute atomic E-state index is 11.7. The van der Waals surface area contributed by atoms with Crippen LogP contribution < -0.4 is 10.2 Å². The molecule has 1 heterocycles. The van der Waals surface area contributed by atoms with E-state index in [2.05, 4.69) is 26.5 Å². The SMILES string of the molecule is CC(=NNC(=O)COc1ccc(Cl)c(C)c1)c1ccc(Br)s1. The zero-order valence-corrected chi connectivity index (χ0v) is 15.2. The van der Waals surface area contributed by atoms with Crippen LogP contribution in [-0.4, -0.2) is 18.2 Å². The van der Waals surface area contributed by atoms with E-state index in [1.807, 2.05) is 26.0 Å². The first-order valence-corrected chi connectivity index (χ1v) is 8.42. The van der Waals surface area contributed by atoms with E-state index in [0.29, 0.717) is 10.8 Å². The first-order valence-electron chi connectivity index (χ1n) is 6.43. The lowest BCUT2D eigenvalue weighted by Crippen LogP contribution is -2.25. The summed E-state index contributed by atoms with van der Waals surface area (Å²) < 4.78 is 6.42. The summed E-state index contributed by atoms with van der Waals surface area (Å²) >= 11 is 10.9. The number of carbonyl (C=O) groups is 1. The molecule has 1 amide bonds. The number of nitrogens with one attached hydrogen (secondary N) is 1. The molecular weight excluding hydrogens is 388 g/mol. The molecule has 116 valence electrons. The first kappa shape index (κ1) is 17.0. The summed E-state index contributed by atoms with van der Waals surface area (Å²) in [5.74, 6) is 0.280. The predicted molar refractivity (Wildman–Crippen MR) is 94.1 cm³/mol. The van der Waals surface area contributed by atoms with E-state index in [4.69, 9.17) is 16.3 Å². The van der Waals surface area contributed by atoms with Gasteiger partial charge < -0.3 is 4.74 Å². The minimum Gasteiger partial charge on any atom is -0.484 e. The van der Waals surface area contributed by atoms with E-state index in [1.165, 1.54) is 0 Å². The largest absolute Gasteiger partial charge is 0.484 e. The number of amides is 1. The average Bonchev–Trinajstić information content (AvgIpc) is 2.92. The number of nitrogens with zero attached hydrogens (tertiary/aromatic N) is 1. The smallest absolute Gasteiger partial charge is 0.277 e. The normalized spacial score (nSPS) is 11.4. The molecule has 0 bridgehead atoms. The van der Waals surface area contributed by atoms with Gasteiger partial charge in [0, 0.05) is 5.02 Å².